The lowest BCUT2D eigenvalue weighted by Crippen LogP contribution is -2.38. The molecule has 0 radical (unpaired) electrons. The van der Waals surface area contributed by atoms with Crippen molar-refractivity contribution in [3.63, 3.8) is 0 Å². The van der Waals surface area contributed by atoms with E-state index in [1.165, 1.54) is 0 Å². The minimum Gasteiger partial charge on any atom is -0.394 e. The Kier molecular flexibility index (Phi) is 3.56. The first-order chi connectivity index (χ1) is 7.70. The molecule has 2 heterocycles. The van der Waals surface area contributed by atoms with Gasteiger partial charge in [0.15, 0.2) is 0 Å². The van der Waals surface area contributed by atoms with Crippen molar-refractivity contribution in [1.82, 2.24) is 9.88 Å². The summed E-state index contributed by atoms with van der Waals surface area (Å²) < 4.78 is 0. The quantitative estimate of drug-likeness (QED) is 0.856. The molecule has 0 saturated carbocycles. The molecule has 1 saturated heterocycles. The summed E-state index contributed by atoms with van der Waals surface area (Å²) in [6.45, 7) is 2.78. The molecule has 16 heavy (non-hydrogen) atoms. The van der Waals surface area contributed by atoms with E-state index in [1.54, 1.807) is 16.2 Å². The molecule has 0 spiro atoms. The van der Waals surface area contributed by atoms with E-state index in [-0.39, 0.29) is 18.6 Å². The maximum absolute atomic E-state index is 12.0. The summed E-state index contributed by atoms with van der Waals surface area (Å²) in [7, 11) is 0. The van der Waals surface area contributed by atoms with Crippen molar-refractivity contribution in [2.24, 2.45) is 0 Å². The van der Waals surface area contributed by atoms with Gasteiger partial charge in [-0.1, -0.05) is 0 Å². The van der Waals surface area contributed by atoms with Gasteiger partial charge >= 0.3 is 0 Å². The highest BCUT2D eigenvalue weighted by atomic mass is 32.1. The van der Waals surface area contributed by atoms with Gasteiger partial charge in [0.1, 0.15) is 0 Å². The molecule has 1 fully saturated rings. The lowest BCUT2D eigenvalue weighted by molar-refractivity contribution is -0.132. The third-order valence-electron chi connectivity index (χ3n) is 2.91. The molecule has 0 bridgehead atoms. The number of carbonyl (C=O) groups is 1. The van der Waals surface area contributed by atoms with Crippen LogP contribution in [-0.2, 0) is 11.2 Å². The van der Waals surface area contributed by atoms with Crippen LogP contribution in [0.25, 0.3) is 0 Å². The Morgan fingerprint density at radius 3 is 3.19 bits per heavy atom. The van der Waals surface area contributed by atoms with Crippen molar-refractivity contribution in [3.8, 4) is 0 Å². The maximum Gasteiger partial charge on any atom is 0.228 e. The zero-order valence-corrected chi connectivity index (χ0v) is 10.2. The average molecular weight is 240 g/mol. The van der Waals surface area contributed by atoms with Crippen LogP contribution in [0.5, 0.6) is 0 Å². The van der Waals surface area contributed by atoms with Crippen LogP contribution in [0.1, 0.15) is 23.5 Å². The molecule has 1 N–H and O–H groups in total. The normalized spacial score (nSPS) is 20.4. The van der Waals surface area contributed by atoms with Gasteiger partial charge in [-0.2, -0.15) is 0 Å². The number of hydrogen-bond donors (Lipinski definition) is 1. The number of aromatic nitrogens is 1. The molecule has 1 amide bonds. The van der Waals surface area contributed by atoms with E-state index in [2.05, 4.69) is 4.98 Å². The van der Waals surface area contributed by atoms with Crippen LogP contribution in [0.15, 0.2) is 5.38 Å². The van der Waals surface area contributed by atoms with Crippen molar-refractivity contribution < 1.29 is 9.90 Å². The second-order valence-electron chi connectivity index (χ2n) is 4.10. The van der Waals surface area contributed by atoms with Gasteiger partial charge in [-0.15, -0.1) is 11.3 Å². The van der Waals surface area contributed by atoms with Crippen molar-refractivity contribution in [2.75, 3.05) is 13.2 Å². The SMILES string of the molecule is Cc1nc(CC(=O)N2CCC[C@@H]2CO)cs1. The molecule has 5 heteroatoms. The Labute approximate surface area is 98.9 Å². The summed E-state index contributed by atoms with van der Waals surface area (Å²) in [6, 6.07) is 0.0206. The Bertz CT molecular complexity index is 378. The maximum atomic E-state index is 12.0. The van der Waals surface area contributed by atoms with Crippen LogP contribution in [0.2, 0.25) is 0 Å². The lowest BCUT2D eigenvalue weighted by Gasteiger charge is -2.22. The number of nitrogens with zero attached hydrogens (tertiary/aromatic N) is 2. The summed E-state index contributed by atoms with van der Waals surface area (Å²) in [4.78, 5) is 18.0. The summed E-state index contributed by atoms with van der Waals surface area (Å²) >= 11 is 1.56. The fourth-order valence-corrected chi connectivity index (χ4v) is 2.71. The monoisotopic (exact) mass is 240 g/mol. The van der Waals surface area contributed by atoms with E-state index in [0.717, 1.165) is 30.1 Å². The zero-order chi connectivity index (χ0) is 11.5. The van der Waals surface area contributed by atoms with Crippen molar-refractivity contribution in [2.45, 2.75) is 32.2 Å². The third kappa shape index (κ3) is 2.41. The Hall–Kier alpha value is -0.940. The molecule has 1 aromatic heterocycles. The van der Waals surface area contributed by atoms with Gasteiger partial charge in [-0.25, -0.2) is 4.98 Å². The van der Waals surface area contributed by atoms with E-state index < -0.39 is 0 Å². The van der Waals surface area contributed by atoms with Gasteiger partial charge in [0, 0.05) is 11.9 Å². The summed E-state index contributed by atoms with van der Waals surface area (Å²) in [5, 5.41) is 12.1. The summed E-state index contributed by atoms with van der Waals surface area (Å²) in [6.07, 6.45) is 2.27. The van der Waals surface area contributed by atoms with Gasteiger partial charge in [0.05, 0.1) is 29.8 Å². The Balaban J connectivity index is 1.97. The van der Waals surface area contributed by atoms with E-state index in [4.69, 9.17) is 5.11 Å². The number of carbonyl (C=O) groups excluding carboxylic acids is 1. The second-order valence-corrected chi connectivity index (χ2v) is 5.16. The molecular formula is C11H16N2O2S. The highest BCUT2D eigenvalue weighted by Gasteiger charge is 2.28. The molecule has 1 atom stereocenters. The molecule has 0 aliphatic carbocycles. The van der Waals surface area contributed by atoms with Gasteiger partial charge in [0.2, 0.25) is 5.91 Å². The highest BCUT2D eigenvalue weighted by Crippen LogP contribution is 2.18. The molecule has 1 aliphatic rings. The van der Waals surface area contributed by atoms with Crippen LogP contribution >= 0.6 is 11.3 Å². The number of amides is 1. The number of aliphatic hydroxyl groups excluding tert-OH is 1. The van der Waals surface area contributed by atoms with Crippen LogP contribution in [0.4, 0.5) is 0 Å². The van der Waals surface area contributed by atoms with Crippen molar-refractivity contribution in [3.05, 3.63) is 16.1 Å². The Morgan fingerprint density at radius 2 is 2.56 bits per heavy atom. The molecule has 0 unspecified atom stereocenters. The predicted octanol–water partition coefficient (Wildman–Crippen LogP) is 0.977. The number of aryl methyl sites for hydroxylation is 1. The topological polar surface area (TPSA) is 53.4 Å². The Morgan fingerprint density at radius 1 is 1.75 bits per heavy atom. The third-order valence-corrected chi connectivity index (χ3v) is 3.73. The van der Waals surface area contributed by atoms with Gasteiger partial charge < -0.3 is 10.0 Å². The molecule has 0 aromatic carbocycles. The largest absolute Gasteiger partial charge is 0.394 e. The first-order valence-corrected chi connectivity index (χ1v) is 6.40. The van der Waals surface area contributed by atoms with Crippen LogP contribution in [-0.4, -0.2) is 40.1 Å². The number of likely N-dealkylation sites (tertiary alicyclic amines) is 1. The van der Waals surface area contributed by atoms with Gasteiger partial charge in [-0.3, -0.25) is 4.79 Å². The number of rotatable bonds is 3. The summed E-state index contributed by atoms with van der Waals surface area (Å²) in [5.41, 5.74) is 0.844. The first kappa shape index (κ1) is 11.5. The van der Waals surface area contributed by atoms with E-state index in [0.29, 0.717) is 6.42 Å². The number of thiazole rings is 1. The summed E-state index contributed by atoms with van der Waals surface area (Å²) in [5.74, 6) is 0.0850. The average Bonchev–Trinajstić information content (AvgIpc) is 2.86. The minimum atomic E-state index is 0.0206. The molecular weight excluding hydrogens is 224 g/mol. The second kappa shape index (κ2) is 4.93. The predicted molar refractivity (Wildman–Crippen MR) is 62.4 cm³/mol. The molecule has 1 aliphatic heterocycles. The molecule has 1 aromatic rings. The molecule has 2 rings (SSSR count). The van der Waals surface area contributed by atoms with Crippen molar-refractivity contribution >= 4 is 17.2 Å². The molecule has 4 nitrogen and oxygen atoms in total. The fraction of sp³-hybridized carbons (Fsp3) is 0.636. The lowest BCUT2D eigenvalue weighted by atomic mass is 10.2. The molecule has 88 valence electrons. The van der Waals surface area contributed by atoms with Crippen LogP contribution in [0, 0.1) is 6.92 Å². The van der Waals surface area contributed by atoms with E-state index in [1.807, 2.05) is 12.3 Å². The fourth-order valence-electron chi connectivity index (χ4n) is 2.10. The van der Waals surface area contributed by atoms with Crippen molar-refractivity contribution in [1.29, 1.82) is 0 Å². The van der Waals surface area contributed by atoms with Crippen LogP contribution < -0.4 is 0 Å². The first-order valence-electron chi connectivity index (χ1n) is 5.52. The van der Waals surface area contributed by atoms with E-state index in [9.17, 15) is 4.79 Å². The van der Waals surface area contributed by atoms with Gasteiger partial charge in [-0.05, 0) is 19.8 Å². The number of aliphatic hydroxyl groups is 1. The highest BCUT2D eigenvalue weighted by molar-refractivity contribution is 7.09. The zero-order valence-electron chi connectivity index (χ0n) is 9.35. The van der Waals surface area contributed by atoms with E-state index >= 15 is 0 Å². The number of hydrogen-bond acceptors (Lipinski definition) is 4. The van der Waals surface area contributed by atoms with Crippen LogP contribution in [0.3, 0.4) is 0 Å². The smallest absolute Gasteiger partial charge is 0.228 e. The minimum absolute atomic E-state index is 0.0206. The standard InChI is InChI=1S/C11H16N2O2S/c1-8-12-9(7-16-8)5-11(15)13-4-2-3-10(13)6-14/h7,10,14H,2-6H2,1H3/t10-/m1/s1. The van der Waals surface area contributed by atoms with Gasteiger partial charge in [0.25, 0.3) is 0 Å².